The molecule has 19 atom stereocenters. The Balaban J connectivity index is 1.07. The van der Waals surface area contributed by atoms with E-state index in [9.17, 15) is 35.4 Å². The van der Waals surface area contributed by atoms with Crippen LogP contribution in [0.2, 0.25) is 0 Å². The molecule has 0 aromatic carbocycles. The summed E-state index contributed by atoms with van der Waals surface area (Å²) in [6.45, 7) is 7.07. The molecule has 0 saturated carbocycles. The Labute approximate surface area is 267 Å². The molecule has 5 rings (SSSR count). The molecule has 0 radical (unpaired) electrons. The average Bonchev–Trinajstić information content (AvgIpc) is 2.99. The van der Waals surface area contributed by atoms with Gasteiger partial charge in [-0.25, -0.2) is 0 Å². The second-order valence-corrected chi connectivity index (χ2v) is 13.1. The summed E-state index contributed by atoms with van der Waals surface area (Å²) in [5, 5.41) is 62.8. The van der Waals surface area contributed by atoms with Gasteiger partial charge in [0.05, 0.1) is 55.4 Å². The molecule has 0 aromatic rings. The van der Waals surface area contributed by atoms with Gasteiger partial charge in [0.25, 0.3) is 0 Å². The van der Waals surface area contributed by atoms with Crippen molar-refractivity contribution in [3.8, 4) is 0 Å². The number of hydrogen-bond acceptors (Lipinski definition) is 16. The Bertz CT molecular complexity index is 951. The van der Waals surface area contributed by atoms with Crippen LogP contribution in [0.4, 0.5) is 0 Å². The van der Waals surface area contributed by atoms with E-state index in [1.54, 1.807) is 13.8 Å². The first-order valence-electron chi connectivity index (χ1n) is 16.2. The van der Waals surface area contributed by atoms with Crippen molar-refractivity contribution < 1.29 is 78.1 Å². The van der Waals surface area contributed by atoms with Crippen molar-refractivity contribution in [2.45, 2.75) is 177 Å². The summed E-state index contributed by atoms with van der Waals surface area (Å²) in [6, 6.07) is 0. The molecule has 0 aliphatic carbocycles. The highest BCUT2D eigenvalue weighted by atomic mass is 16.8. The van der Waals surface area contributed by atoms with Crippen molar-refractivity contribution in [3.63, 3.8) is 0 Å². The van der Waals surface area contributed by atoms with Crippen LogP contribution >= 0.6 is 0 Å². The van der Waals surface area contributed by atoms with Crippen LogP contribution in [0, 0.1) is 0 Å². The number of aliphatic hydroxyl groups is 6. The lowest BCUT2D eigenvalue weighted by molar-refractivity contribution is -0.348. The lowest BCUT2D eigenvalue weighted by Crippen LogP contribution is -2.62. The Morgan fingerprint density at radius 2 is 1.28 bits per heavy atom. The van der Waals surface area contributed by atoms with E-state index in [0.29, 0.717) is 25.5 Å². The van der Waals surface area contributed by atoms with Gasteiger partial charge in [-0.15, -0.1) is 0 Å². The first-order valence-corrected chi connectivity index (χ1v) is 16.2. The second-order valence-electron chi connectivity index (χ2n) is 13.1. The molecule has 5 heterocycles. The third kappa shape index (κ3) is 8.43. The number of ether oxygens (including phenoxy) is 9. The summed E-state index contributed by atoms with van der Waals surface area (Å²) in [5.74, 6) is 0. The summed E-state index contributed by atoms with van der Waals surface area (Å²) in [6.07, 6.45) is -15.3. The standard InChI is InChI=1S/C30H50O16/c1-12-7-18(34)28(15(4)39-12)45-23-8-16(32)21(11-38-23)42-22-6-5-19(13(2)40-22)43-30-27(37)26(36)29(20(10-31)44-30)46-24-9-17(33)25(35)14(3)41-24/h10,12-30,32-37H,5-9,11H2,1-4H3/t12-,13?,14+,15?,16-,17-,18-,19+,20+,21-,22-,23+,24-,25-,26-,27?,28-,29-,30-/m1/s1. The molecule has 5 aliphatic heterocycles. The topological polar surface area (TPSA) is 222 Å². The molecule has 5 fully saturated rings. The fourth-order valence-electron chi connectivity index (χ4n) is 6.72. The van der Waals surface area contributed by atoms with Crippen LogP contribution in [0.15, 0.2) is 0 Å². The first kappa shape index (κ1) is 36.4. The van der Waals surface area contributed by atoms with E-state index >= 15 is 0 Å². The number of aliphatic hydroxyl groups excluding tert-OH is 6. The first-order chi connectivity index (χ1) is 21.8. The molecule has 5 saturated heterocycles. The maximum Gasteiger partial charge on any atom is 0.187 e. The van der Waals surface area contributed by atoms with E-state index in [-0.39, 0.29) is 31.7 Å². The van der Waals surface area contributed by atoms with Crippen molar-refractivity contribution in [1.82, 2.24) is 0 Å². The highest BCUT2D eigenvalue weighted by molar-refractivity contribution is 5.57. The molecule has 0 amide bonds. The van der Waals surface area contributed by atoms with Crippen molar-refractivity contribution >= 4 is 6.29 Å². The smallest absolute Gasteiger partial charge is 0.187 e. The minimum atomic E-state index is -1.59. The molecule has 0 bridgehead atoms. The molecule has 266 valence electrons. The summed E-state index contributed by atoms with van der Waals surface area (Å²) < 4.78 is 52.4. The quantitative estimate of drug-likeness (QED) is 0.150. The number of carbonyl (C=O) groups is 1. The van der Waals surface area contributed by atoms with Crippen LogP contribution in [0.1, 0.15) is 59.8 Å². The average molecular weight is 667 g/mol. The number of aldehydes is 1. The summed E-state index contributed by atoms with van der Waals surface area (Å²) >= 11 is 0. The van der Waals surface area contributed by atoms with Gasteiger partial charge in [0, 0.05) is 25.7 Å². The SMILES string of the molecule is CC1O[C@H](O[C@@H]2CO[C@@H](O[C@@H]3C(C)O[C@H](C)C[C@H]3O)C[C@H]2O)CC[C@@H]1O[C@@H]1O[C@@H](C=O)[C@@H](O[C@@H]2C[C@@H](O)[C@H](O)[C@H](C)O2)[C@H](O)C1O. The van der Waals surface area contributed by atoms with E-state index in [2.05, 4.69) is 0 Å². The molecule has 3 unspecified atom stereocenters. The molecule has 16 heteroatoms. The lowest BCUT2D eigenvalue weighted by atomic mass is 9.98. The van der Waals surface area contributed by atoms with E-state index in [1.165, 1.54) is 0 Å². The largest absolute Gasteiger partial charge is 0.390 e. The Morgan fingerprint density at radius 3 is 1.93 bits per heavy atom. The predicted octanol–water partition coefficient (Wildman–Crippen LogP) is -1.78. The maximum absolute atomic E-state index is 11.9. The third-order valence-electron chi connectivity index (χ3n) is 9.39. The molecule has 16 nitrogen and oxygen atoms in total. The van der Waals surface area contributed by atoms with E-state index in [1.807, 2.05) is 13.8 Å². The summed E-state index contributed by atoms with van der Waals surface area (Å²) in [4.78, 5) is 11.9. The Hall–Kier alpha value is -0.930. The van der Waals surface area contributed by atoms with E-state index < -0.39 is 105 Å². The second kappa shape index (κ2) is 15.7. The minimum absolute atomic E-state index is 0.0507. The zero-order valence-electron chi connectivity index (χ0n) is 26.6. The van der Waals surface area contributed by atoms with Gasteiger partial charge < -0.3 is 78.1 Å². The van der Waals surface area contributed by atoms with Gasteiger partial charge >= 0.3 is 0 Å². The van der Waals surface area contributed by atoms with Gasteiger partial charge in [-0.05, 0) is 34.1 Å². The van der Waals surface area contributed by atoms with Gasteiger partial charge in [-0.2, -0.15) is 0 Å². The molecule has 46 heavy (non-hydrogen) atoms. The van der Waals surface area contributed by atoms with Crippen LogP contribution in [0.3, 0.4) is 0 Å². The predicted molar refractivity (Wildman–Crippen MR) is 152 cm³/mol. The highest BCUT2D eigenvalue weighted by Crippen LogP contribution is 2.33. The van der Waals surface area contributed by atoms with Gasteiger partial charge in [0.1, 0.15) is 42.7 Å². The highest BCUT2D eigenvalue weighted by Gasteiger charge is 2.49. The van der Waals surface area contributed by atoms with Crippen molar-refractivity contribution in [3.05, 3.63) is 0 Å². The number of rotatable bonds is 9. The van der Waals surface area contributed by atoms with Gasteiger partial charge in [0.2, 0.25) is 0 Å². The fraction of sp³-hybridized carbons (Fsp3) is 0.967. The van der Waals surface area contributed by atoms with Crippen molar-refractivity contribution in [1.29, 1.82) is 0 Å². The van der Waals surface area contributed by atoms with E-state index in [0.717, 1.165) is 0 Å². The minimum Gasteiger partial charge on any atom is -0.390 e. The third-order valence-corrected chi connectivity index (χ3v) is 9.39. The Morgan fingerprint density at radius 1 is 0.587 bits per heavy atom. The molecule has 0 aromatic heterocycles. The maximum atomic E-state index is 11.9. The van der Waals surface area contributed by atoms with Gasteiger partial charge in [-0.1, -0.05) is 0 Å². The van der Waals surface area contributed by atoms with Crippen molar-refractivity contribution in [2.24, 2.45) is 0 Å². The van der Waals surface area contributed by atoms with Crippen LogP contribution in [-0.2, 0) is 47.4 Å². The van der Waals surface area contributed by atoms with Gasteiger partial charge in [0.15, 0.2) is 31.4 Å². The van der Waals surface area contributed by atoms with Crippen molar-refractivity contribution in [2.75, 3.05) is 6.61 Å². The van der Waals surface area contributed by atoms with E-state index in [4.69, 9.17) is 42.6 Å². The monoisotopic (exact) mass is 666 g/mol. The Kier molecular flexibility index (Phi) is 12.4. The zero-order chi connectivity index (χ0) is 33.3. The molecule has 6 N–H and O–H groups in total. The summed E-state index contributed by atoms with van der Waals surface area (Å²) in [5.41, 5.74) is 0. The van der Waals surface area contributed by atoms with Crippen LogP contribution in [0.25, 0.3) is 0 Å². The number of hydrogen-bond donors (Lipinski definition) is 6. The lowest BCUT2D eigenvalue weighted by Gasteiger charge is -2.45. The normalized spacial score (nSPS) is 52.3. The molecular formula is C30H50O16. The van der Waals surface area contributed by atoms with Crippen LogP contribution in [0.5, 0.6) is 0 Å². The molecular weight excluding hydrogens is 616 g/mol. The van der Waals surface area contributed by atoms with Gasteiger partial charge in [-0.3, -0.25) is 0 Å². The molecule has 0 spiro atoms. The summed E-state index contributed by atoms with van der Waals surface area (Å²) in [7, 11) is 0. The fourth-order valence-corrected chi connectivity index (χ4v) is 6.72. The number of carbonyl (C=O) groups excluding carboxylic acids is 1. The zero-order valence-corrected chi connectivity index (χ0v) is 26.6. The van der Waals surface area contributed by atoms with Crippen LogP contribution < -0.4 is 0 Å². The molecule has 5 aliphatic rings. The van der Waals surface area contributed by atoms with Crippen LogP contribution in [-0.4, -0.2) is 160 Å².